The summed E-state index contributed by atoms with van der Waals surface area (Å²) < 4.78 is 0. The molecular weight excluding hydrogens is 171 g/mol. The van der Waals surface area contributed by atoms with Gasteiger partial charge in [0.15, 0.2) is 0 Å². The lowest BCUT2D eigenvalue weighted by Crippen LogP contribution is -2.08. The fourth-order valence-corrected chi connectivity index (χ4v) is 0.898. The Balaban J connectivity index is 2.81. The van der Waals surface area contributed by atoms with E-state index in [4.69, 9.17) is 23.4 Å². The Bertz CT molecular complexity index is 215. The number of nitrogens with one attached hydrogen (secondary N) is 2. The van der Waals surface area contributed by atoms with Gasteiger partial charge < -0.3 is 5.43 Å². The largest absolute Gasteiger partial charge is 0.306 e. The van der Waals surface area contributed by atoms with E-state index in [1.54, 1.807) is 6.07 Å². The van der Waals surface area contributed by atoms with Crippen molar-refractivity contribution in [3.63, 3.8) is 0 Å². The maximum Gasteiger partial charge on any atom is 0.0686 e. The topological polar surface area (TPSA) is 24.1 Å². The van der Waals surface area contributed by atoms with Crippen LogP contribution in [0.4, 0.5) is 5.69 Å². The van der Waals surface area contributed by atoms with Crippen molar-refractivity contribution in [3.05, 3.63) is 29.3 Å². The molecule has 1 aromatic carbocycles. The molecule has 10 heavy (non-hydrogen) atoms. The van der Waals surface area contributed by atoms with E-state index in [1.807, 2.05) is 18.2 Å². The van der Waals surface area contributed by atoms with E-state index in [2.05, 4.69) is 10.4 Å². The number of hydrogen-bond acceptors (Lipinski definition) is 2. The molecule has 1 aromatic rings. The van der Waals surface area contributed by atoms with Crippen LogP contribution >= 0.6 is 23.4 Å². The van der Waals surface area contributed by atoms with Crippen molar-refractivity contribution in [3.8, 4) is 0 Å². The monoisotopic (exact) mass is 176 g/mol. The lowest BCUT2D eigenvalue weighted by Gasteiger charge is -2.02. The van der Waals surface area contributed by atoms with Crippen LogP contribution in [-0.2, 0) is 0 Å². The molecule has 0 unspecified atom stereocenters. The first-order chi connectivity index (χ1) is 4.84. The number of para-hydroxylation sites is 1. The molecule has 0 aliphatic carbocycles. The summed E-state index contributed by atoms with van der Waals surface area (Å²) in [5.74, 6) is 0. The van der Waals surface area contributed by atoms with Crippen molar-refractivity contribution >= 4 is 29.1 Å². The second-order valence-corrected chi connectivity index (χ2v) is 2.30. The molecule has 0 radical (unpaired) electrons. The van der Waals surface area contributed by atoms with Crippen molar-refractivity contribution in [1.82, 2.24) is 4.94 Å². The molecular formula is C6H6Cl2N2. The maximum absolute atomic E-state index is 5.74. The first-order valence-corrected chi connectivity index (χ1v) is 3.46. The number of halogens is 2. The summed E-state index contributed by atoms with van der Waals surface area (Å²) >= 11 is 10.9. The van der Waals surface area contributed by atoms with Crippen molar-refractivity contribution in [2.24, 2.45) is 0 Å². The Morgan fingerprint density at radius 1 is 1.20 bits per heavy atom. The number of hydrazine groups is 1. The van der Waals surface area contributed by atoms with Gasteiger partial charge in [0.25, 0.3) is 0 Å². The minimum atomic E-state index is 0.635. The summed E-state index contributed by atoms with van der Waals surface area (Å²) in [7, 11) is 0. The van der Waals surface area contributed by atoms with E-state index in [1.165, 1.54) is 0 Å². The molecule has 2 nitrogen and oxygen atoms in total. The van der Waals surface area contributed by atoms with Gasteiger partial charge in [-0.25, -0.2) is 0 Å². The molecule has 0 saturated heterocycles. The van der Waals surface area contributed by atoms with Gasteiger partial charge in [-0.15, -0.1) is 4.94 Å². The zero-order valence-electron chi connectivity index (χ0n) is 5.07. The summed E-state index contributed by atoms with van der Waals surface area (Å²) in [6.07, 6.45) is 0. The Morgan fingerprint density at radius 3 is 2.50 bits per heavy atom. The number of benzene rings is 1. The van der Waals surface area contributed by atoms with Crippen molar-refractivity contribution in [1.29, 1.82) is 0 Å². The van der Waals surface area contributed by atoms with Crippen molar-refractivity contribution < 1.29 is 0 Å². The van der Waals surface area contributed by atoms with Crippen LogP contribution in [0.2, 0.25) is 5.02 Å². The third-order valence-corrected chi connectivity index (χ3v) is 1.48. The lowest BCUT2D eigenvalue weighted by atomic mass is 10.3. The van der Waals surface area contributed by atoms with Crippen LogP contribution in [0.5, 0.6) is 0 Å². The first kappa shape index (κ1) is 7.66. The smallest absolute Gasteiger partial charge is 0.0686 e. The van der Waals surface area contributed by atoms with Crippen molar-refractivity contribution in [2.45, 2.75) is 0 Å². The molecule has 0 aromatic heterocycles. The average Bonchev–Trinajstić information content (AvgIpc) is 1.94. The minimum absolute atomic E-state index is 0.635. The summed E-state index contributed by atoms with van der Waals surface area (Å²) in [5, 5.41) is 0.635. The van der Waals surface area contributed by atoms with Crippen LogP contribution in [-0.4, -0.2) is 0 Å². The summed E-state index contributed by atoms with van der Waals surface area (Å²) in [6.45, 7) is 0. The number of hydrogen-bond donors (Lipinski definition) is 2. The average molecular weight is 177 g/mol. The summed E-state index contributed by atoms with van der Waals surface area (Å²) in [5.41, 5.74) is 3.42. The molecule has 0 spiro atoms. The molecule has 0 heterocycles. The van der Waals surface area contributed by atoms with E-state index in [9.17, 15) is 0 Å². The molecule has 0 fully saturated rings. The van der Waals surface area contributed by atoms with Gasteiger partial charge in [0.2, 0.25) is 0 Å². The predicted octanol–water partition coefficient (Wildman–Crippen LogP) is 2.41. The SMILES string of the molecule is ClNNc1ccccc1Cl. The number of anilines is 1. The van der Waals surface area contributed by atoms with E-state index < -0.39 is 0 Å². The third-order valence-electron chi connectivity index (χ3n) is 1.06. The summed E-state index contributed by atoms with van der Waals surface area (Å²) in [6, 6.07) is 7.31. The van der Waals surface area contributed by atoms with Gasteiger partial charge in [-0.2, -0.15) is 0 Å². The molecule has 0 aliphatic rings. The van der Waals surface area contributed by atoms with E-state index in [0.29, 0.717) is 5.02 Å². The number of rotatable bonds is 2. The van der Waals surface area contributed by atoms with Crippen LogP contribution in [0.1, 0.15) is 0 Å². The second kappa shape index (κ2) is 3.66. The zero-order chi connectivity index (χ0) is 7.40. The fourth-order valence-electron chi connectivity index (χ4n) is 0.613. The Kier molecular flexibility index (Phi) is 2.81. The van der Waals surface area contributed by atoms with Gasteiger partial charge in [-0.3, -0.25) is 0 Å². The predicted molar refractivity (Wildman–Crippen MR) is 44.1 cm³/mol. The van der Waals surface area contributed by atoms with Gasteiger partial charge in [-0.1, -0.05) is 23.7 Å². The fraction of sp³-hybridized carbons (Fsp3) is 0. The van der Waals surface area contributed by atoms with Crippen LogP contribution in [0.3, 0.4) is 0 Å². The van der Waals surface area contributed by atoms with Gasteiger partial charge >= 0.3 is 0 Å². The highest BCUT2D eigenvalue weighted by molar-refractivity contribution is 6.33. The Labute approximate surface area is 69.2 Å². The van der Waals surface area contributed by atoms with Gasteiger partial charge in [0.1, 0.15) is 0 Å². The van der Waals surface area contributed by atoms with Gasteiger partial charge in [0, 0.05) is 0 Å². The van der Waals surface area contributed by atoms with E-state index in [0.717, 1.165) is 5.69 Å². The molecule has 0 amide bonds. The van der Waals surface area contributed by atoms with E-state index >= 15 is 0 Å². The highest BCUT2D eigenvalue weighted by Crippen LogP contribution is 2.19. The van der Waals surface area contributed by atoms with Gasteiger partial charge in [0.05, 0.1) is 10.7 Å². The lowest BCUT2D eigenvalue weighted by molar-refractivity contribution is 1.20. The van der Waals surface area contributed by atoms with E-state index in [-0.39, 0.29) is 0 Å². The van der Waals surface area contributed by atoms with Crippen LogP contribution in [0, 0.1) is 0 Å². The van der Waals surface area contributed by atoms with Crippen LogP contribution in [0.15, 0.2) is 24.3 Å². The first-order valence-electron chi connectivity index (χ1n) is 2.71. The highest BCUT2D eigenvalue weighted by Gasteiger charge is 1.93. The molecule has 4 heteroatoms. The van der Waals surface area contributed by atoms with Crippen molar-refractivity contribution in [2.75, 3.05) is 5.43 Å². The molecule has 0 bridgehead atoms. The Morgan fingerprint density at radius 2 is 1.90 bits per heavy atom. The highest BCUT2D eigenvalue weighted by atomic mass is 35.5. The molecule has 0 aliphatic heterocycles. The molecule has 54 valence electrons. The molecule has 0 saturated carbocycles. The zero-order valence-corrected chi connectivity index (χ0v) is 6.58. The molecule has 1 rings (SSSR count). The van der Waals surface area contributed by atoms with Crippen LogP contribution < -0.4 is 10.4 Å². The standard InChI is InChI=1S/C6H6Cl2N2/c7-5-3-1-2-4-6(5)9-10-8/h1-4,9-10H. The van der Waals surface area contributed by atoms with Gasteiger partial charge in [-0.05, 0) is 23.9 Å². The van der Waals surface area contributed by atoms with Crippen LogP contribution in [0.25, 0.3) is 0 Å². The quantitative estimate of drug-likeness (QED) is 0.535. The molecule has 0 atom stereocenters. The molecule has 2 N–H and O–H groups in total. The third kappa shape index (κ3) is 1.77. The maximum atomic E-state index is 5.74. The normalized spacial score (nSPS) is 9.40. The Hall–Kier alpha value is -0.440. The minimum Gasteiger partial charge on any atom is -0.306 e. The summed E-state index contributed by atoms with van der Waals surface area (Å²) in [4.78, 5) is 2.26. The second-order valence-electron chi connectivity index (χ2n) is 1.70.